The molecular formula is C17H16N2O2. The van der Waals surface area contributed by atoms with Gasteiger partial charge >= 0.3 is 5.97 Å². The molecule has 0 aliphatic heterocycles. The maximum absolute atomic E-state index is 11.6. The third-order valence-electron chi connectivity index (χ3n) is 3.60. The van der Waals surface area contributed by atoms with E-state index in [2.05, 4.69) is 17.2 Å². The molecule has 0 saturated carbocycles. The average Bonchev–Trinajstić information content (AvgIpc) is 2.83. The van der Waals surface area contributed by atoms with Gasteiger partial charge in [-0.25, -0.2) is 4.79 Å². The molecule has 0 aliphatic rings. The Morgan fingerprint density at radius 3 is 2.67 bits per heavy atom. The van der Waals surface area contributed by atoms with Crippen LogP contribution in [0.3, 0.4) is 0 Å². The number of hydrogen-bond donors (Lipinski definition) is 0. The van der Waals surface area contributed by atoms with Gasteiger partial charge in [-0.05, 0) is 24.6 Å². The molecule has 0 amide bonds. The summed E-state index contributed by atoms with van der Waals surface area (Å²) >= 11 is 0. The van der Waals surface area contributed by atoms with Crippen molar-refractivity contribution in [3.05, 3.63) is 65.4 Å². The lowest BCUT2D eigenvalue weighted by molar-refractivity contribution is 0.0601. The fourth-order valence-electron chi connectivity index (χ4n) is 2.42. The number of hydrogen-bond acceptors (Lipinski definition) is 3. The Kier molecular flexibility index (Phi) is 3.44. The molecule has 0 unspecified atom stereocenters. The molecule has 4 nitrogen and oxygen atoms in total. The molecular weight excluding hydrogens is 264 g/mol. The molecule has 21 heavy (non-hydrogen) atoms. The monoisotopic (exact) mass is 280 g/mol. The van der Waals surface area contributed by atoms with Crippen molar-refractivity contribution in [3.8, 4) is 0 Å². The molecule has 0 fully saturated rings. The highest BCUT2D eigenvalue weighted by Crippen LogP contribution is 2.20. The summed E-state index contributed by atoms with van der Waals surface area (Å²) in [4.78, 5) is 11.6. The highest BCUT2D eigenvalue weighted by atomic mass is 16.5. The maximum Gasteiger partial charge on any atom is 0.337 e. The second kappa shape index (κ2) is 5.40. The molecule has 2 aromatic carbocycles. The number of carbonyl (C=O) groups is 1. The predicted molar refractivity (Wildman–Crippen MR) is 81.4 cm³/mol. The van der Waals surface area contributed by atoms with E-state index in [4.69, 9.17) is 4.74 Å². The number of nitrogens with zero attached hydrogens (tertiary/aromatic N) is 2. The van der Waals surface area contributed by atoms with Gasteiger partial charge in [-0.3, -0.25) is 4.68 Å². The quantitative estimate of drug-likeness (QED) is 0.692. The number of aromatic nitrogens is 2. The number of esters is 1. The standard InChI is InChI=1S/C17H16N2O2/c1-12-15-9-8-14(17(20)21-2)10-16(15)18-19(12)11-13-6-4-3-5-7-13/h3-10H,11H2,1-2H3. The second-order valence-electron chi connectivity index (χ2n) is 4.95. The third-order valence-corrected chi connectivity index (χ3v) is 3.60. The lowest BCUT2D eigenvalue weighted by atomic mass is 10.1. The van der Waals surface area contributed by atoms with E-state index in [-0.39, 0.29) is 5.97 Å². The van der Waals surface area contributed by atoms with Crippen LogP contribution in [0.4, 0.5) is 0 Å². The summed E-state index contributed by atoms with van der Waals surface area (Å²) < 4.78 is 6.70. The van der Waals surface area contributed by atoms with Gasteiger partial charge in [0, 0.05) is 11.1 Å². The van der Waals surface area contributed by atoms with Crippen LogP contribution in [0.25, 0.3) is 10.9 Å². The van der Waals surface area contributed by atoms with Crippen LogP contribution in [0.5, 0.6) is 0 Å². The summed E-state index contributed by atoms with van der Waals surface area (Å²) in [6.07, 6.45) is 0. The Hall–Kier alpha value is -2.62. The molecule has 0 radical (unpaired) electrons. The van der Waals surface area contributed by atoms with Gasteiger partial charge in [0.1, 0.15) is 0 Å². The Bertz CT molecular complexity index is 791. The second-order valence-corrected chi connectivity index (χ2v) is 4.95. The van der Waals surface area contributed by atoms with Crippen LogP contribution in [-0.4, -0.2) is 22.9 Å². The van der Waals surface area contributed by atoms with Crippen LogP contribution in [0, 0.1) is 6.92 Å². The van der Waals surface area contributed by atoms with E-state index in [0.29, 0.717) is 5.56 Å². The van der Waals surface area contributed by atoms with Gasteiger partial charge < -0.3 is 4.74 Å². The summed E-state index contributed by atoms with van der Waals surface area (Å²) in [5.41, 5.74) is 3.62. The van der Waals surface area contributed by atoms with Gasteiger partial charge in [-0.2, -0.15) is 5.10 Å². The van der Waals surface area contributed by atoms with Crippen molar-refractivity contribution >= 4 is 16.9 Å². The van der Waals surface area contributed by atoms with Crippen molar-refractivity contribution in [2.75, 3.05) is 7.11 Å². The zero-order valence-corrected chi connectivity index (χ0v) is 12.0. The first kappa shape index (κ1) is 13.4. The zero-order chi connectivity index (χ0) is 14.8. The normalized spacial score (nSPS) is 10.8. The predicted octanol–water partition coefficient (Wildman–Crippen LogP) is 3.18. The number of carbonyl (C=O) groups excluding carboxylic acids is 1. The topological polar surface area (TPSA) is 44.1 Å². The van der Waals surface area contributed by atoms with Crippen LogP contribution in [0.15, 0.2) is 48.5 Å². The van der Waals surface area contributed by atoms with Crippen LogP contribution in [0.2, 0.25) is 0 Å². The number of rotatable bonds is 3. The molecule has 1 aromatic heterocycles. The van der Waals surface area contributed by atoms with Crippen molar-refractivity contribution in [3.63, 3.8) is 0 Å². The number of fused-ring (bicyclic) bond motifs is 1. The smallest absolute Gasteiger partial charge is 0.337 e. The third kappa shape index (κ3) is 2.52. The Morgan fingerprint density at radius 2 is 1.95 bits per heavy atom. The lowest BCUT2D eigenvalue weighted by Crippen LogP contribution is -2.03. The largest absolute Gasteiger partial charge is 0.465 e. The van der Waals surface area contributed by atoms with Crippen molar-refractivity contribution in [2.45, 2.75) is 13.5 Å². The SMILES string of the molecule is COC(=O)c1ccc2c(C)n(Cc3ccccc3)nc2c1. The molecule has 0 aliphatic carbocycles. The fourth-order valence-corrected chi connectivity index (χ4v) is 2.42. The van der Waals surface area contributed by atoms with Crippen LogP contribution in [0.1, 0.15) is 21.6 Å². The number of benzene rings is 2. The van der Waals surface area contributed by atoms with Gasteiger partial charge in [0.25, 0.3) is 0 Å². The molecule has 0 atom stereocenters. The fraction of sp³-hybridized carbons (Fsp3) is 0.176. The lowest BCUT2D eigenvalue weighted by Gasteiger charge is -2.03. The summed E-state index contributed by atoms with van der Waals surface area (Å²) in [5, 5.41) is 5.65. The molecule has 0 spiro atoms. The van der Waals surface area contributed by atoms with E-state index in [1.54, 1.807) is 12.1 Å². The number of methoxy groups -OCH3 is 1. The highest BCUT2D eigenvalue weighted by Gasteiger charge is 2.11. The van der Waals surface area contributed by atoms with Crippen LogP contribution >= 0.6 is 0 Å². The van der Waals surface area contributed by atoms with Gasteiger partial charge in [-0.1, -0.05) is 36.4 Å². The minimum absolute atomic E-state index is 0.341. The first-order chi connectivity index (χ1) is 10.2. The molecule has 3 rings (SSSR count). The van der Waals surface area contributed by atoms with E-state index in [1.807, 2.05) is 35.9 Å². The molecule has 106 valence electrons. The van der Waals surface area contributed by atoms with Gasteiger partial charge in [0.05, 0.1) is 24.7 Å². The van der Waals surface area contributed by atoms with Gasteiger partial charge in [0.15, 0.2) is 0 Å². The first-order valence-electron chi connectivity index (χ1n) is 6.78. The minimum atomic E-state index is -0.341. The molecule has 0 saturated heterocycles. The molecule has 3 aromatic rings. The van der Waals surface area contributed by atoms with E-state index in [9.17, 15) is 4.79 Å². The molecule has 0 N–H and O–H groups in total. The van der Waals surface area contributed by atoms with E-state index in [1.165, 1.54) is 12.7 Å². The Morgan fingerprint density at radius 1 is 1.19 bits per heavy atom. The zero-order valence-electron chi connectivity index (χ0n) is 12.0. The van der Waals surface area contributed by atoms with Crippen LogP contribution in [-0.2, 0) is 11.3 Å². The van der Waals surface area contributed by atoms with E-state index >= 15 is 0 Å². The van der Waals surface area contributed by atoms with Crippen molar-refractivity contribution in [1.82, 2.24) is 9.78 Å². The summed E-state index contributed by atoms with van der Waals surface area (Å²) in [7, 11) is 1.38. The molecule has 4 heteroatoms. The van der Waals surface area contributed by atoms with Gasteiger partial charge in [0.2, 0.25) is 0 Å². The van der Waals surface area contributed by atoms with E-state index in [0.717, 1.165) is 23.1 Å². The Labute approximate surface area is 123 Å². The van der Waals surface area contributed by atoms with Crippen molar-refractivity contribution in [2.24, 2.45) is 0 Å². The summed E-state index contributed by atoms with van der Waals surface area (Å²) in [5.74, 6) is -0.341. The van der Waals surface area contributed by atoms with Crippen molar-refractivity contribution in [1.29, 1.82) is 0 Å². The van der Waals surface area contributed by atoms with Crippen molar-refractivity contribution < 1.29 is 9.53 Å². The van der Waals surface area contributed by atoms with Gasteiger partial charge in [-0.15, -0.1) is 0 Å². The first-order valence-corrected chi connectivity index (χ1v) is 6.78. The maximum atomic E-state index is 11.6. The minimum Gasteiger partial charge on any atom is -0.465 e. The summed E-state index contributed by atoms with van der Waals surface area (Å²) in [6.45, 7) is 2.75. The molecule has 0 bridgehead atoms. The van der Waals surface area contributed by atoms with Crippen LogP contribution < -0.4 is 0 Å². The number of ether oxygens (including phenoxy) is 1. The average molecular weight is 280 g/mol. The number of aryl methyl sites for hydroxylation is 1. The highest BCUT2D eigenvalue weighted by molar-refractivity contribution is 5.94. The Balaban J connectivity index is 2.01. The van der Waals surface area contributed by atoms with E-state index < -0.39 is 0 Å². The summed E-state index contributed by atoms with van der Waals surface area (Å²) in [6, 6.07) is 15.7. The molecule has 1 heterocycles.